The van der Waals surface area contributed by atoms with E-state index in [2.05, 4.69) is 29.4 Å². The normalized spacial score (nSPS) is 15.2. The molecule has 0 aromatic rings. The Labute approximate surface area is 105 Å². The molecule has 0 spiro atoms. The standard InChI is InChI=1S/C13H27N3O/c1-3-10-16(4-2)11-9-15-13(17)7-8-14-12-5-6-12/h12,14H,3-11H2,1-2H3,(H,15,17). The van der Waals surface area contributed by atoms with Crippen molar-refractivity contribution in [1.82, 2.24) is 15.5 Å². The van der Waals surface area contributed by atoms with Crippen molar-refractivity contribution in [2.75, 3.05) is 32.7 Å². The second kappa shape index (κ2) is 8.48. The Kier molecular flexibility index (Phi) is 7.21. The average Bonchev–Trinajstić information content (AvgIpc) is 3.12. The molecule has 17 heavy (non-hydrogen) atoms. The predicted octanol–water partition coefficient (Wildman–Crippen LogP) is 0.977. The maximum absolute atomic E-state index is 11.5. The van der Waals surface area contributed by atoms with Crippen LogP contribution in [0.2, 0.25) is 0 Å². The maximum atomic E-state index is 11.5. The van der Waals surface area contributed by atoms with Gasteiger partial charge in [-0.15, -0.1) is 0 Å². The van der Waals surface area contributed by atoms with Crippen LogP contribution in [0.5, 0.6) is 0 Å². The first kappa shape index (κ1) is 14.5. The van der Waals surface area contributed by atoms with Crippen LogP contribution in [0, 0.1) is 0 Å². The fourth-order valence-electron chi connectivity index (χ4n) is 1.86. The van der Waals surface area contributed by atoms with Crippen molar-refractivity contribution in [1.29, 1.82) is 0 Å². The van der Waals surface area contributed by atoms with Crippen molar-refractivity contribution < 1.29 is 4.79 Å². The van der Waals surface area contributed by atoms with E-state index in [-0.39, 0.29) is 5.91 Å². The van der Waals surface area contributed by atoms with Crippen LogP contribution in [-0.2, 0) is 4.79 Å². The van der Waals surface area contributed by atoms with Gasteiger partial charge >= 0.3 is 0 Å². The number of hydrogen-bond donors (Lipinski definition) is 2. The van der Waals surface area contributed by atoms with Crippen molar-refractivity contribution >= 4 is 5.91 Å². The molecule has 1 amide bonds. The Morgan fingerprint density at radius 2 is 2.00 bits per heavy atom. The van der Waals surface area contributed by atoms with Gasteiger partial charge in [-0.05, 0) is 32.4 Å². The fourth-order valence-corrected chi connectivity index (χ4v) is 1.86. The summed E-state index contributed by atoms with van der Waals surface area (Å²) in [4.78, 5) is 13.9. The third-order valence-corrected chi connectivity index (χ3v) is 3.10. The lowest BCUT2D eigenvalue weighted by Crippen LogP contribution is -2.36. The molecule has 4 nitrogen and oxygen atoms in total. The highest BCUT2D eigenvalue weighted by Gasteiger charge is 2.19. The summed E-state index contributed by atoms with van der Waals surface area (Å²) >= 11 is 0. The molecule has 0 atom stereocenters. The molecule has 2 N–H and O–H groups in total. The van der Waals surface area contributed by atoms with Crippen molar-refractivity contribution in [3.05, 3.63) is 0 Å². The van der Waals surface area contributed by atoms with Crippen molar-refractivity contribution in [2.45, 2.75) is 45.6 Å². The van der Waals surface area contributed by atoms with Crippen LogP contribution >= 0.6 is 0 Å². The minimum absolute atomic E-state index is 0.172. The van der Waals surface area contributed by atoms with Gasteiger partial charge in [-0.2, -0.15) is 0 Å². The van der Waals surface area contributed by atoms with Gasteiger partial charge in [0.05, 0.1) is 0 Å². The smallest absolute Gasteiger partial charge is 0.221 e. The molecule has 4 heteroatoms. The monoisotopic (exact) mass is 241 g/mol. The first-order valence-electron chi connectivity index (χ1n) is 6.98. The lowest BCUT2D eigenvalue weighted by atomic mass is 10.3. The lowest BCUT2D eigenvalue weighted by molar-refractivity contribution is -0.121. The van der Waals surface area contributed by atoms with Gasteiger partial charge in [-0.25, -0.2) is 0 Å². The quantitative estimate of drug-likeness (QED) is 0.599. The summed E-state index contributed by atoms with van der Waals surface area (Å²) < 4.78 is 0. The lowest BCUT2D eigenvalue weighted by Gasteiger charge is -2.19. The highest BCUT2D eigenvalue weighted by atomic mass is 16.1. The molecule has 1 fully saturated rings. The average molecular weight is 241 g/mol. The van der Waals surface area contributed by atoms with E-state index >= 15 is 0 Å². The molecule has 0 unspecified atom stereocenters. The summed E-state index contributed by atoms with van der Waals surface area (Å²) in [5.41, 5.74) is 0. The molecular formula is C13H27N3O. The zero-order chi connectivity index (χ0) is 12.5. The minimum Gasteiger partial charge on any atom is -0.355 e. The second-order valence-corrected chi connectivity index (χ2v) is 4.76. The summed E-state index contributed by atoms with van der Waals surface area (Å²) in [6.07, 6.45) is 4.34. The van der Waals surface area contributed by atoms with Crippen LogP contribution in [0.4, 0.5) is 0 Å². The van der Waals surface area contributed by atoms with E-state index in [1.807, 2.05) is 0 Å². The summed E-state index contributed by atoms with van der Waals surface area (Å²) in [7, 11) is 0. The second-order valence-electron chi connectivity index (χ2n) is 4.76. The SMILES string of the molecule is CCCN(CC)CCNC(=O)CCNC1CC1. The van der Waals surface area contributed by atoms with Gasteiger partial charge in [0.1, 0.15) is 0 Å². The number of carbonyl (C=O) groups excluding carboxylic acids is 1. The number of amides is 1. The van der Waals surface area contributed by atoms with Gasteiger partial charge in [0.15, 0.2) is 0 Å². The maximum Gasteiger partial charge on any atom is 0.221 e. The molecule has 0 heterocycles. The van der Waals surface area contributed by atoms with E-state index in [1.165, 1.54) is 19.3 Å². The molecular weight excluding hydrogens is 214 g/mol. The minimum atomic E-state index is 0.172. The number of likely N-dealkylation sites (N-methyl/N-ethyl adjacent to an activating group) is 1. The van der Waals surface area contributed by atoms with Gasteiger partial charge < -0.3 is 15.5 Å². The van der Waals surface area contributed by atoms with Crippen LogP contribution in [0.15, 0.2) is 0 Å². The summed E-state index contributed by atoms with van der Waals surface area (Å²) in [5, 5.41) is 6.33. The van der Waals surface area contributed by atoms with E-state index in [4.69, 9.17) is 0 Å². The van der Waals surface area contributed by atoms with Crippen LogP contribution in [-0.4, -0.2) is 49.6 Å². The zero-order valence-corrected chi connectivity index (χ0v) is 11.3. The van der Waals surface area contributed by atoms with E-state index in [0.717, 1.165) is 32.7 Å². The molecule has 0 aromatic heterocycles. The van der Waals surface area contributed by atoms with Crippen molar-refractivity contribution in [3.8, 4) is 0 Å². The van der Waals surface area contributed by atoms with E-state index < -0.39 is 0 Å². The Morgan fingerprint density at radius 3 is 2.59 bits per heavy atom. The molecule has 0 bridgehead atoms. The summed E-state index contributed by atoms with van der Waals surface area (Å²) in [6, 6.07) is 0.697. The van der Waals surface area contributed by atoms with Crippen molar-refractivity contribution in [2.24, 2.45) is 0 Å². The van der Waals surface area contributed by atoms with Crippen LogP contribution in [0.3, 0.4) is 0 Å². The van der Waals surface area contributed by atoms with Gasteiger partial charge in [0.25, 0.3) is 0 Å². The van der Waals surface area contributed by atoms with Gasteiger partial charge in [0, 0.05) is 32.1 Å². The molecule has 0 aromatic carbocycles. The first-order valence-corrected chi connectivity index (χ1v) is 6.98. The van der Waals surface area contributed by atoms with Gasteiger partial charge in [-0.1, -0.05) is 13.8 Å². The first-order chi connectivity index (χ1) is 8.26. The molecule has 0 aliphatic heterocycles. The van der Waals surface area contributed by atoms with Crippen LogP contribution < -0.4 is 10.6 Å². The number of rotatable bonds is 10. The molecule has 0 saturated heterocycles. The Bertz CT molecular complexity index is 217. The van der Waals surface area contributed by atoms with E-state index in [1.54, 1.807) is 0 Å². The molecule has 1 rings (SSSR count). The highest BCUT2D eigenvalue weighted by Crippen LogP contribution is 2.18. The third kappa shape index (κ3) is 7.34. The topological polar surface area (TPSA) is 44.4 Å². The fraction of sp³-hybridized carbons (Fsp3) is 0.923. The zero-order valence-electron chi connectivity index (χ0n) is 11.3. The number of hydrogen-bond acceptors (Lipinski definition) is 3. The van der Waals surface area contributed by atoms with E-state index in [0.29, 0.717) is 12.5 Å². The Balaban J connectivity index is 1.94. The van der Waals surface area contributed by atoms with Crippen LogP contribution in [0.25, 0.3) is 0 Å². The predicted molar refractivity (Wildman–Crippen MR) is 71.1 cm³/mol. The molecule has 1 aliphatic carbocycles. The third-order valence-electron chi connectivity index (χ3n) is 3.10. The molecule has 1 aliphatic rings. The van der Waals surface area contributed by atoms with E-state index in [9.17, 15) is 4.79 Å². The molecule has 1 saturated carbocycles. The molecule has 0 radical (unpaired) electrons. The number of nitrogens with zero attached hydrogens (tertiary/aromatic N) is 1. The summed E-state index contributed by atoms with van der Waals surface area (Å²) in [5.74, 6) is 0.172. The van der Waals surface area contributed by atoms with Crippen LogP contribution in [0.1, 0.15) is 39.5 Å². The van der Waals surface area contributed by atoms with Gasteiger partial charge in [0.2, 0.25) is 5.91 Å². The number of carbonyl (C=O) groups is 1. The Hall–Kier alpha value is -0.610. The molecule has 100 valence electrons. The highest BCUT2D eigenvalue weighted by molar-refractivity contribution is 5.76. The van der Waals surface area contributed by atoms with Crippen molar-refractivity contribution in [3.63, 3.8) is 0 Å². The number of nitrogens with one attached hydrogen (secondary N) is 2. The summed E-state index contributed by atoms with van der Waals surface area (Å²) in [6.45, 7) is 9.09. The van der Waals surface area contributed by atoms with Gasteiger partial charge in [-0.3, -0.25) is 4.79 Å². The largest absolute Gasteiger partial charge is 0.355 e. The Morgan fingerprint density at radius 1 is 1.24 bits per heavy atom.